The van der Waals surface area contributed by atoms with E-state index in [9.17, 15) is 4.79 Å². The van der Waals surface area contributed by atoms with Gasteiger partial charge in [-0.1, -0.05) is 60.7 Å². The van der Waals surface area contributed by atoms with Crippen molar-refractivity contribution < 1.29 is 4.79 Å². The molecule has 0 aliphatic heterocycles. The Morgan fingerprint density at radius 2 is 1.43 bits per heavy atom. The normalized spacial score (nSPS) is 10.3. The Bertz CT molecular complexity index is 768. The molecule has 3 aromatic rings. The topological polar surface area (TPSA) is 42.9 Å². The van der Waals surface area contributed by atoms with Gasteiger partial charge in [0.1, 0.15) is 0 Å². The molecular weight excluding hydrogens is 260 g/mol. The first-order chi connectivity index (χ1) is 10.3. The highest BCUT2D eigenvalue weighted by atomic mass is 16.1. The number of Topliss-reactive ketones (excluding diaryl/α,β-unsaturated/α-hetero) is 1. The van der Waals surface area contributed by atoms with Gasteiger partial charge in [0.05, 0.1) is 11.3 Å². The lowest BCUT2D eigenvalue weighted by atomic mass is 10.0. The van der Waals surface area contributed by atoms with Gasteiger partial charge in [-0.15, -0.1) is 0 Å². The van der Waals surface area contributed by atoms with Gasteiger partial charge in [-0.25, -0.2) is 9.97 Å². The quantitative estimate of drug-likeness (QED) is 0.678. The van der Waals surface area contributed by atoms with Gasteiger partial charge in [0.25, 0.3) is 0 Å². The zero-order valence-electron chi connectivity index (χ0n) is 11.7. The van der Waals surface area contributed by atoms with Crippen LogP contribution < -0.4 is 0 Å². The van der Waals surface area contributed by atoms with Crippen LogP contribution in [0.4, 0.5) is 0 Å². The zero-order chi connectivity index (χ0) is 14.7. The molecule has 2 aromatic carbocycles. The highest BCUT2D eigenvalue weighted by Crippen LogP contribution is 2.24. The molecule has 3 nitrogen and oxygen atoms in total. The number of aromatic nitrogens is 2. The Morgan fingerprint density at radius 1 is 0.857 bits per heavy atom. The smallest absolute Gasteiger partial charge is 0.163 e. The summed E-state index contributed by atoms with van der Waals surface area (Å²) >= 11 is 0. The van der Waals surface area contributed by atoms with Crippen molar-refractivity contribution in [3.8, 4) is 22.6 Å². The molecule has 1 aromatic heterocycles. The summed E-state index contributed by atoms with van der Waals surface area (Å²) in [7, 11) is 0. The van der Waals surface area contributed by atoms with E-state index in [1.165, 1.54) is 6.92 Å². The minimum atomic E-state index is -0.0338. The molecule has 1 heterocycles. The van der Waals surface area contributed by atoms with E-state index in [0.717, 1.165) is 11.1 Å². The van der Waals surface area contributed by atoms with Crippen LogP contribution in [0.25, 0.3) is 22.6 Å². The van der Waals surface area contributed by atoms with Crippen LogP contribution in [0.1, 0.15) is 17.3 Å². The fourth-order valence-electron chi connectivity index (χ4n) is 2.18. The number of carbonyl (C=O) groups is 1. The molecule has 0 radical (unpaired) electrons. The average molecular weight is 274 g/mol. The monoisotopic (exact) mass is 274 g/mol. The Labute approximate surface area is 123 Å². The van der Waals surface area contributed by atoms with Crippen molar-refractivity contribution in [1.82, 2.24) is 9.97 Å². The molecule has 102 valence electrons. The van der Waals surface area contributed by atoms with E-state index in [2.05, 4.69) is 9.97 Å². The van der Waals surface area contributed by atoms with Crippen molar-refractivity contribution in [2.75, 3.05) is 0 Å². The van der Waals surface area contributed by atoms with Gasteiger partial charge in [0, 0.05) is 17.3 Å². The van der Waals surface area contributed by atoms with Crippen molar-refractivity contribution in [3.63, 3.8) is 0 Å². The Morgan fingerprint density at radius 3 is 2.00 bits per heavy atom. The van der Waals surface area contributed by atoms with Crippen molar-refractivity contribution in [3.05, 3.63) is 72.4 Å². The SMILES string of the molecule is CC(=O)c1cnc(-c2ccccc2)nc1-c1ccccc1. The highest BCUT2D eigenvalue weighted by molar-refractivity contribution is 5.99. The summed E-state index contributed by atoms with van der Waals surface area (Å²) in [6.07, 6.45) is 1.61. The number of ketones is 1. The fourth-order valence-corrected chi connectivity index (χ4v) is 2.18. The lowest BCUT2D eigenvalue weighted by molar-refractivity contribution is 0.101. The van der Waals surface area contributed by atoms with Gasteiger partial charge in [-0.3, -0.25) is 4.79 Å². The number of hydrogen-bond donors (Lipinski definition) is 0. The number of rotatable bonds is 3. The Hall–Kier alpha value is -2.81. The van der Waals surface area contributed by atoms with Crippen molar-refractivity contribution in [2.45, 2.75) is 6.92 Å². The van der Waals surface area contributed by atoms with Crippen LogP contribution in [-0.4, -0.2) is 15.8 Å². The second-order valence-electron chi connectivity index (χ2n) is 4.74. The van der Waals surface area contributed by atoms with Crippen molar-refractivity contribution in [1.29, 1.82) is 0 Å². The maximum Gasteiger partial charge on any atom is 0.163 e. The van der Waals surface area contributed by atoms with E-state index in [-0.39, 0.29) is 5.78 Å². The molecule has 21 heavy (non-hydrogen) atoms. The maximum absolute atomic E-state index is 11.8. The van der Waals surface area contributed by atoms with Crippen LogP contribution in [0.3, 0.4) is 0 Å². The highest BCUT2D eigenvalue weighted by Gasteiger charge is 2.13. The van der Waals surface area contributed by atoms with E-state index in [1.54, 1.807) is 6.20 Å². The summed E-state index contributed by atoms with van der Waals surface area (Å²) in [5.41, 5.74) is 3.07. The van der Waals surface area contributed by atoms with Crippen LogP contribution >= 0.6 is 0 Å². The van der Waals surface area contributed by atoms with Gasteiger partial charge < -0.3 is 0 Å². The molecule has 0 bridgehead atoms. The third-order valence-corrected chi connectivity index (χ3v) is 3.25. The van der Waals surface area contributed by atoms with Crippen molar-refractivity contribution >= 4 is 5.78 Å². The summed E-state index contributed by atoms with van der Waals surface area (Å²) in [6.45, 7) is 1.54. The molecule has 3 rings (SSSR count). The molecule has 0 aliphatic carbocycles. The summed E-state index contributed by atoms with van der Waals surface area (Å²) in [6, 6.07) is 19.5. The molecule has 0 fully saturated rings. The van der Waals surface area contributed by atoms with Crippen molar-refractivity contribution in [2.24, 2.45) is 0 Å². The first-order valence-electron chi connectivity index (χ1n) is 6.74. The lowest BCUT2D eigenvalue weighted by Crippen LogP contribution is -2.02. The van der Waals surface area contributed by atoms with Gasteiger partial charge in [0.2, 0.25) is 0 Å². The van der Waals surface area contributed by atoms with E-state index in [4.69, 9.17) is 0 Å². The fraction of sp³-hybridized carbons (Fsp3) is 0.0556. The molecule has 0 N–H and O–H groups in total. The predicted octanol–water partition coefficient (Wildman–Crippen LogP) is 4.01. The predicted molar refractivity (Wildman–Crippen MR) is 82.9 cm³/mol. The third-order valence-electron chi connectivity index (χ3n) is 3.25. The van der Waals surface area contributed by atoms with E-state index >= 15 is 0 Å². The molecule has 0 atom stereocenters. The zero-order valence-corrected chi connectivity index (χ0v) is 11.7. The molecule has 0 saturated carbocycles. The van der Waals surface area contributed by atoms with Crippen LogP contribution in [0.2, 0.25) is 0 Å². The molecule has 3 heteroatoms. The summed E-state index contributed by atoms with van der Waals surface area (Å²) in [5.74, 6) is 0.591. The van der Waals surface area contributed by atoms with E-state index in [0.29, 0.717) is 17.1 Å². The van der Waals surface area contributed by atoms with E-state index < -0.39 is 0 Å². The number of hydrogen-bond acceptors (Lipinski definition) is 3. The molecule has 0 spiro atoms. The van der Waals surface area contributed by atoms with Crippen LogP contribution in [0.5, 0.6) is 0 Å². The maximum atomic E-state index is 11.8. The first kappa shape index (κ1) is 13.2. The second kappa shape index (κ2) is 5.67. The minimum Gasteiger partial charge on any atom is -0.294 e. The van der Waals surface area contributed by atoms with Crippen LogP contribution in [0.15, 0.2) is 66.9 Å². The number of carbonyl (C=O) groups excluding carboxylic acids is 1. The van der Waals surface area contributed by atoms with Crippen LogP contribution in [-0.2, 0) is 0 Å². The Kier molecular flexibility index (Phi) is 3.56. The lowest BCUT2D eigenvalue weighted by Gasteiger charge is -2.08. The number of benzene rings is 2. The third kappa shape index (κ3) is 2.72. The molecule has 0 amide bonds. The van der Waals surface area contributed by atoms with Gasteiger partial charge in [0.15, 0.2) is 11.6 Å². The first-order valence-corrected chi connectivity index (χ1v) is 6.74. The number of nitrogens with zero attached hydrogens (tertiary/aromatic N) is 2. The molecule has 0 unspecified atom stereocenters. The van der Waals surface area contributed by atoms with Gasteiger partial charge in [-0.05, 0) is 6.92 Å². The summed E-state index contributed by atoms with van der Waals surface area (Å²) < 4.78 is 0. The molecule has 0 aliphatic rings. The largest absolute Gasteiger partial charge is 0.294 e. The van der Waals surface area contributed by atoms with Crippen LogP contribution in [0, 0.1) is 0 Å². The Balaban J connectivity index is 2.18. The summed E-state index contributed by atoms with van der Waals surface area (Å²) in [4.78, 5) is 20.7. The standard InChI is InChI=1S/C18H14N2O/c1-13(21)16-12-19-18(15-10-6-3-7-11-15)20-17(16)14-8-4-2-5-9-14/h2-12H,1H3. The van der Waals surface area contributed by atoms with Gasteiger partial charge in [-0.2, -0.15) is 0 Å². The average Bonchev–Trinajstić information content (AvgIpc) is 2.56. The molecule has 0 saturated heterocycles. The van der Waals surface area contributed by atoms with Gasteiger partial charge >= 0.3 is 0 Å². The second-order valence-corrected chi connectivity index (χ2v) is 4.74. The van der Waals surface area contributed by atoms with E-state index in [1.807, 2.05) is 60.7 Å². The molecular formula is C18H14N2O. The minimum absolute atomic E-state index is 0.0338. The summed E-state index contributed by atoms with van der Waals surface area (Å²) in [5, 5.41) is 0.